The van der Waals surface area contributed by atoms with Crippen molar-refractivity contribution in [3.8, 4) is 0 Å². The highest BCUT2D eigenvalue weighted by atomic mass is 79.9. The molecule has 2 N–H and O–H groups in total. The summed E-state index contributed by atoms with van der Waals surface area (Å²) in [5.41, 5.74) is 0. The average Bonchev–Trinajstić information content (AvgIpc) is 2.78. The van der Waals surface area contributed by atoms with E-state index in [-0.39, 0.29) is 16.7 Å². The Morgan fingerprint density at radius 2 is 2.35 bits per heavy atom. The number of sulfonamides is 1. The van der Waals surface area contributed by atoms with Gasteiger partial charge in [-0.05, 0) is 22.0 Å². The van der Waals surface area contributed by atoms with Crippen LogP contribution in [0.2, 0.25) is 5.02 Å². The number of halogens is 2. The number of nitrogens with zero attached hydrogens (tertiary/aromatic N) is 1. The summed E-state index contributed by atoms with van der Waals surface area (Å²) in [6, 6.07) is 0.646. The second-order valence-electron chi connectivity index (χ2n) is 4.14. The monoisotopic (exact) mass is 401 g/mol. The van der Waals surface area contributed by atoms with Gasteiger partial charge in [0.15, 0.2) is 0 Å². The van der Waals surface area contributed by atoms with Gasteiger partial charge in [0.25, 0.3) is 10.0 Å². The zero-order valence-corrected chi connectivity index (χ0v) is 14.5. The number of thiophene rings is 1. The molecule has 6 nitrogen and oxygen atoms in total. The zero-order valence-electron chi connectivity index (χ0n) is 10.5. The number of nitrogens with one attached hydrogen (secondary N) is 2. The third-order valence-corrected chi connectivity index (χ3v) is 7.76. The Hall–Kier alpha value is -0.190. The summed E-state index contributed by atoms with van der Waals surface area (Å²) in [6.07, 6.45) is 0. The molecule has 0 saturated carbocycles. The predicted octanol–water partition coefficient (Wildman–Crippen LogP) is 0.873. The first-order valence-electron chi connectivity index (χ1n) is 5.77. The third kappa shape index (κ3) is 3.02. The second-order valence-corrected chi connectivity index (χ2v) is 9.03. The van der Waals surface area contributed by atoms with E-state index in [9.17, 15) is 13.2 Å². The lowest BCUT2D eigenvalue weighted by molar-refractivity contribution is -0.124. The summed E-state index contributed by atoms with van der Waals surface area (Å²) in [5.74, 6) is -0.331. The molecule has 1 saturated heterocycles. The summed E-state index contributed by atoms with van der Waals surface area (Å²) in [5, 5.41) is 5.86. The summed E-state index contributed by atoms with van der Waals surface area (Å²) in [4.78, 5) is 11.8. The van der Waals surface area contributed by atoms with E-state index in [1.165, 1.54) is 17.4 Å². The topological polar surface area (TPSA) is 78.5 Å². The maximum Gasteiger partial charge on any atom is 0.253 e. The number of amides is 1. The Morgan fingerprint density at radius 1 is 1.65 bits per heavy atom. The minimum Gasteiger partial charge on any atom is -0.358 e. The number of piperazine rings is 1. The molecule has 1 fully saturated rings. The minimum absolute atomic E-state index is 0.130. The van der Waals surface area contributed by atoms with Crippen molar-refractivity contribution in [2.75, 3.05) is 26.7 Å². The number of carbonyl (C=O) groups is 1. The van der Waals surface area contributed by atoms with E-state index in [1.807, 2.05) is 0 Å². The van der Waals surface area contributed by atoms with Crippen molar-refractivity contribution < 1.29 is 13.2 Å². The van der Waals surface area contributed by atoms with Crippen molar-refractivity contribution in [1.82, 2.24) is 14.9 Å². The maximum absolute atomic E-state index is 12.6. The molecule has 0 spiro atoms. The van der Waals surface area contributed by atoms with Crippen LogP contribution >= 0.6 is 38.9 Å². The zero-order chi connectivity index (χ0) is 14.9. The standard InChI is InChI=1S/C10H13BrClN3O3S2/c1-13-10(16)7-5-14-2-3-15(7)20(17,18)8-4-6(12)9(11)19-8/h4,7,14H,2-3,5H2,1H3,(H,13,16). The van der Waals surface area contributed by atoms with Gasteiger partial charge in [-0.25, -0.2) is 8.42 Å². The fourth-order valence-electron chi connectivity index (χ4n) is 1.93. The Balaban J connectivity index is 2.37. The van der Waals surface area contributed by atoms with Crippen molar-refractivity contribution in [3.63, 3.8) is 0 Å². The molecule has 0 bridgehead atoms. The lowest BCUT2D eigenvalue weighted by Crippen LogP contribution is -2.58. The second kappa shape index (κ2) is 6.29. The van der Waals surface area contributed by atoms with Crippen LogP contribution in [0, 0.1) is 0 Å². The van der Waals surface area contributed by atoms with Crippen LogP contribution in [0.25, 0.3) is 0 Å². The van der Waals surface area contributed by atoms with Crippen molar-refractivity contribution in [2.24, 2.45) is 0 Å². The molecular formula is C10H13BrClN3O3S2. The van der Waals surface area contributed by atoms with Crippen LogP contribution in [0.1, 0.15) is 0 Å². The van der Waals surface area contributed by atoms with E-state index < -0.39 is 16.1 Å². The van der Waals surface area contributed by atoms with Crippen molar-refractivity contribution >= 4 is 54.8 Å². The summed E-state index contributed by atoms with van der Waals surface area (Å²) in [7, 11) is -2.24. The largest absolute Gasteiger partial charge is 0.358 e. The third-order valence-electron chi connectivity index (χ3n) is 2.93. The fraction of sp³-hybridized carbons (Fsp3) is 0.500. The van der Waals surface area contributed by atoms with Gasteiger partial charge in [0.05, 0.1) is 8.81 Å². The Kier molecular flexibility index (Phi) is 5.09. The lowest BCUT2D eigenvalue weighted by Gasteiger charge is -2.33. The number of hydrogen-bond donors (Lipinski definition) is 2. The van der Waals surface area contributed by atoms with E-state index >= 15 is 0 Å². The van der Waals surface area contributed by atoms with Crippen molar-refractivity contribution in [2.45, 2.75) is 10.3 Å². The molecule has 2 rings (SSSR count). The minimum atomic E-state index is -3.73. The van der Waals surface area contributed by atoms with Gasteiger partial charge in [-0.2, -0.15) is 4.31 Å². The van der Waals surface area contributed by atoms with Gasteiger partial charge in [0.1, 0.15) is 10.3 Å². The molecule has 1 aromatic heterocycles. The highest BCUT2D eigenvalue weighted by Gasteiger charge is 2.38. The highest BCUT2D eigenvalue weighted by molar-refractivity contribution is 9.11. The van der Waals surface area contributed by atoms with Crippen LogP contribution in [0.3, 0.4) is 0 Å². The molecule has 1 aliphatic heterocycles. The lowest BCUT2D eigenvalue weighted by atomic mass is 10.2. The summed E-state index contributed by atoms with van der Waals surface area (Å²) < 4.78 is 27.2. The van der Waals surface area contributed by atoms with Gasteiger partial charge < -0.3 is 10.6 Å². The molecule has 0 aliphatic carbocycles. The molecular weight excluding hydrogens is 390 g/mol. The number of likely N-dealkylation sites (N-methyl/N-ethyl adjacent to an activating group) is 1. The number of hydrogen-bond acceptors (Lipinski definition) is 5. The number of carbonyl (C=O) groups excluding carboxylic acids is 1. The van der Waals surface area contributed by atoms with Crippen LogP contribution < -0.4 is 10.6 Å². The van der Waals surface area contributed by atoms with E-state index in [1.54, 1.807) is 0 Å². The van der Waals surface area contributed by atoms with Gasteiger partial charge >= 0.3 is 0 Å². The average molecular weight is 403 g/mol. The summed E-state index contributed by atoms with van der Waals surface area (Å²) >= 11 is 10.1. The highest BCUT2D eigenvalue weighted by Crippen LogP contribution is 2.36. The maximum atomic E-state index is 12.6. The normalized spacial score (nSPS) is 20.9. The van der Waals surface area contributed by atoms with E-state index in [0.717, 1.165) is 11.3 Å². The van der Waals surface area contributed by atoms with Crippen LogP contribution in [-0.4, -0.2) is 51.4 Å². The molecule has 112 valence electrons. The molecule has 0 radical (unpaired) electrons. The smallest absolute Gasteiger partial charge is 0.253 e. The molecule has 1 aliphatic rings. The number of rotatable bonds is 3. The van der Waals surface area contributed by atoms with Crippen LogP contribution in [-0.2, 0) is 14.8 Å². The van der Waals surface area contributed by atoms with E-state index in [2.05, 4.69) is 26.6 Å². The molecule has 1 amide bonds. The molecule has 1 aromatic rings. The van der Waals surface area contributed by atoms with E-state index in [0.29, 0.717) is 21.9 Å². The Bertz CT molecular complexity index is 600. The van der Waals surface area contributed by atoms with Crippen molar-refractivity contribution in [3.05, 3.63) is 14.9 Å². The van der Waals surface area contributed by atoms with Gasteiger partial charge in [0, 0.05) is 26.7 Å². The SMILES string of the molecule is CNC(=O)C1CNCCN1S(=O)(=O)c1cc(Cl)c(Br)s1. The Labute approximate surface area is 134 Å². The molecule has 2 heterocycles. The van der Waals surface area contributed by atoms with Crippen LogP contribution in [0.4, 0.5) is 0 Å². The predicted molar refractivity (Wildman–Crippen MR) is 81.6 cm³/mol. The quantitative estimate of drug-likeness (QED) is 0.786. The molecule has 1 unspecified atom stereocenters. The summed E-state index contributed by atoms with van der Waals surface area (Å²) in [6.45, 7) is 1.04. The van der Waals surface area contributed by atoms with Gasteiger partial charge in [-0.1, -0.05) is 11.6 Å². The van der Waals surface area contributed by atoms with Gasteiger partial charge in [-0.3, -0.25) is 4.79 Å². The molecule has 0 aromatic carbocycles. The fourth-order valence-corrected chi connectivity index (χ4v) is 6.05. The van der Waals surface area contributed by atoms with Crippen LogP contribution in [0.15, 0.2) is 14.1 Å². The molecule has 1 atom stereocenters. The van der Waals surface area contributed by atoms with Crippen LogP contribution in [0.5, 0.6) is 0 Å². The first-order valence-corrected chi connectivity index (χ1v) is 9.19. The van der Waals surface area contributed by atoms with Gasteiger partial charge in [-0.15, -0.1) is 11.3 Å². The van der Waals surface area contributed by atoms with Gasteiger partial charge in [0.2, 0.25) is 5.91 Å². The molecule has 20 heavy (non-hydrogen) atoms. The van der Waals surface area contributed by atoms with Crippen molar-refractivity contribution in [1.29, 1.82) is 0 Å². The first-order chi connectivity index (χ1) is 9.37. The Morgan fingerprint density at radius 3 is 2.90 bits per heavy atom. The van der Waals surface area contributed by atoms with E-state index in [4.69, 9.17) is 11.6 Å². The first kappa shape index (κ1) is 16.2. The molecule has 10 heteroatoms.